The summed E-state index contributed by atoms with van der Waals surface area (Å²) in [4.78, 5) is 34.2. The summed E-state index contributed by atoms with van der Waals surface area (Å²) in [5, 5.41) is 0. The van der Waals surface area contributed by atoms with Crippen molar-refractivity contribution >= 4 is 11.8 Å². The van der Waals surface area contributed by atoms with Crippen LogP contribution in [0.2, 0.25) is 0 Å². The summed E-state index contributed by atoms with van der Waals surface area (Å²) >= 11 is 0. The third-order valence-electron chi connectivity index (χ3n) is 6.38. The molecule has 29 heavy (non-hydrogen) atoms. The van der Waals surface area contributed by atoms with Gasteiger partial charge in [-0.15, -0.1) is 0 Å². The summed E-state index contributed by atoms with van der Waals surface area (Å²) in [6.45, 7) is 5.28. The molecular formula is C22H31N3O4. The van der Waals surface area contributed by atoms with Gasteiger partial charge in [0.25, 0.3) is 5.91 Å². The minimum atomic E-state index is -0.0371. The lowest BCUT2D eigenvalue weighted by Gasteiger charge is -2.37. The Morgan fingerprint density at radius 2 is 2.17 bits per heavy atom. The first-order chi connectivity index (χ1) is 14.2. The third kappa shape index (κ3) is 4.39. The maximum absolute atomic E-state index is 13.3. The van der Waals surface area contributed by atoms with Gasteiger partial charge >= 0.3 is 0 Å². The van der Waals surface area contributed by atoms with Crippen molar-refractivity contribution in [2.45, 2.75) is 57.6 Å². The van der Waals surface area contributed by atoms with Crippen LogP contribution in [0.15, 0.2) is 18.3 Å². The van der Waals surface area contributed by atoms with Crippen molar-refractivity contribution in [3.8, 4) is 5.88 Å². The lowest BCUT2D eigenvalue weighted by atomic mass is 9.91. The zero-order valence-electron chi connectivity index (χ0n) is 17.2. The molecule has 0 aromatic carbocycles. The Hall–Kier alpha value is -2.15. The molecule has 0 radical (unpaired) electrons. The summed E-state index contributed by atoms with van der Waals surface area (Å²) in [5.41, 5.74) is 0.512. The molecule has 3 atom stereocenters. The molecule has 0 spiro atoms. The second kappa shape index (κ2) is 9.11. The van der Waals surface area contributed by atoms with Gasteiger partial charge in [-0.2, -0.15) is 0 Å². The predicted molar refractivity (Wildman–Crippen MR) is 108 cm³/mol. The number of nitrogens with zero attached hydrogens (tertiary/aromatic N) is 3. The molecule has 3 aliphatic heterocycles. The quantitative estimate of drug-likeness (QED) is 0.732. The SMILES string of the molecule is CCOc1ncccc1C(=O)N1CCC[C@H]2CN(C(=O)CC[C@H]3CCCO3)C[C@H]21. The van der Waals surface area contributed by atoms with Crippen molar-refractivity contribution in [2.75, 3.05) is 32.8 Å². The summed E-state index contributed by atoms with van der Waals surface area (Å²) in [6.07, 6.45) is 7.42. The number of ether oxygens (including phenoxy) is 2. The first-order valence-corrected chi connectivity index (χ1v) is 11.0. The number of likely N-dealkylation sites (tertiary alicyclic amines) is 2. The monoisotopic (exact) mass is 401 g/mol. The van der Waals surface area contributed by atoms with Crippen LogP contribution in [0, 0.1) is 5.92 Å². The number of fused-ring (bicyclic) bond motifs is 1. The lowest BCUT2D eigenvalue weighted by molar-refractivity contribution is -0.131. The minimum Gasteiger partial charge on any atom is -0.477 e. The standard InChI is InChI=1S/C22H31N3O4/c1-2-28-21-18(8-3-11-23-21)22(27)25-12-4-6-16-14-24(15-19(16)25)20(26)10-9-17-7-5-13-29-17/h3,8,11,16-17,19H,2,4-7,9-10,12-15H2,1H3/t16-,17+,19+/m0/s1. The Morgan fingerprint density at radius 1 is 1.28 bits per heavy atom. The second-order valence-electron chi connectivity index (χ2n) is 8.23. The van der Waals surface area contributed by atoms with E-state index in [1.807, 2.05) is 16.7 Å². The molecule has 3 saturated heterocycles. The number of aromatic nitrogens is 1. The summed E-state index contributed by atoms with van der Waals surface area (Å²) in [7, 11) is 0. The van der Waals surface area contributed by atoms with Gasteiger partial charge in [0.15, 0.2) is 0 Å². The zero-order chi connectivity index (χ0) is 20.2. The molecule has 0 saturated carbocycles. The Bertz CT molecular complexity index is 735. The molecule has 7 heteroatoms. The Kier molecular flexibility index (Phi) is 6.33. The van der Waals surface area contributed by atoms with Crippen LogP contribution in [0.3, 0.4) is 0 Å². The molecule has 1 aromatic heterocycles. The number of pyridine rings is 1. The fourth-order valence-electron chi connectivity index (χ4n) is 4.91. The Morgan fingerprint density at radius 3 is 2.97 bits per heavy atom. The number of amides is 2. The molecule has 2 amide bonds. The van der Waals surface area contributed by atoms with Crippen molar-refractivity contribution in [3.63, 3.8) is 0 Å². The van der Waals surface area contributed by atoms with Crippen LogP contribution in [0.4, 0.5) is 0 Å². The normalized spacial score (nSPS) is 26.4. The van der Waals surface area contributed by atoms with Crippen LogP contribution < -0.4 is 4.74 Å². The van der Waals surface area contributed by atoms with E-state index >= 15 is 0 Å². The molecule has 1 aromatic rings. The van der Waals surface area contributed by atoms with Crippen LogP contribution in [-0.2, 0) is 9.53 Å². The van der Waals surface area contributed by atoms with E-state index in [1.165, 1.54) is 0 Å². The largest absolute Gasteiger partial charge is 0.477 e. The maximum Gasteiger partial charge on any atom is 0.259 e. The van der Waals surface area contributed by atoms with Crippen molar-refractivity contribution in [1.29, 1.82) is 0 Å². The van der Waals surface area contributed by atoms with E-state index in [0.717, 1.165) is 51.8 Å². The van der Waals surface area contributed by atoms with Gasteiger partial charge in [0.05, 0.1) is 18.8 Å². The van der Waals surface area contributed by atoms with Crippen LogP contribution in [-0.4, -0.2) is 71.6 Å². The summed E-state index contributed by atoms with van der Waals surface area (Å²) in [6, 6.07) is 3.63. The number of piperidine rings is 1. The Labute approximate surface area is 172 Å². The van der Waals surface area contributed by atoms with Crippen LogP contribution in [0.1, 0.15) is 55.8 Å². The minimum absolute atomic E-state index is 0.0371. The van der Waals surface area contributed by atoms with Crippen molar-refractivity contribution < 1.29 is 19.1 Å². The predicted octanol–water partition coefficient (Wildman–Crippen LogP) is 2.50. The van der Waals surface area contributed by atoms with Crippen LogP contribution in [0.25, 0.3) is 0 Å². The summed E-state index contributed by atoms with van der Waals surface area (Å²) < 4.78 is 11.2. The topological polar surface area (TPSA) is 72.0 Å². The number of carbonyl (C=O) groups excluding carboxylic acids is 2. The molecule has 4 rings (SSSR count). The van der Waals surface area contributed by atoms with Gasteiger partial charge in [-0.05, 0) is 57.1 Å². The molecule has 0 unspecified atom stereocenters. The summed E-state index contributed by atoms with van der Waals surface area (Å²) in [5.74, 6) is 0.903. The van der Waals surface area contributed by atoms with Crippen molar-refractivity contribution in [1.82, 2.24) is 14.8 Å². The zero-order valence-corrected chi connectivity index (χ0v) is 17.2. The highest BCUT2D eigenvalue weighted by Gasteiger charge is 2.43. The molecule has 0 bridgehead atoms. The van der Waals surface area contributed by atoms with Gasteiger partial charge in [-0.3, -0.25) is 9.59 Å². The van der Waals surface area contributed by atoms with E-state index in [9.17, 15) is 9.59 Å². The van der Waals surface area contributed by atoms with E-state index in [-0.39, 0.29) is 24.0 Å². The lowest BCUT2D eigenvalue weighted by Crippen LogP contribution is -2.48. The second-order valence-corrected chi connectivity index (χ2v) is 8.23. The fraction of sp³-hybridized carbons (Fsp3) is 0.682. The van der Waals surface area contributed by atoms with Gasteiger partial charge in [0, 0.05) is 38.9 Å². The van der Waals surface area contributed by atoms with Gasteiger partial charge in [0.2, 0.25) is 11.8 Å². The average molecular weight is 402 g/mol. The molecule has 3 fully saturated rings. The molecular weight excluding hydrogens is 370 g/mol. The van der Waals surface area contributed by atoms with E-state index < -0.39 is 0 Å². The van der Waals surface area contributed by atoms with E-state index in [4.69, 9.17) is 9.47 Å². The molecule has 3 aliphatic rings. The highest BCUT2D eigenvalue weighted by Crippen LogP contribution is 2.33. The highest BCUT2D eigenvalue weighted by molar-refractivity contribution is 5.96. The van der Waals surface area contributed by atoms with Gasteiger partial charge in [-0.1, -0.05) is 0 Å². The van der Waals surface area contributed by atoms with Crippen molar-refractivity contribution in [2.24, 2.45) is 5.92 Å². The number of rotatable bonds is 6. The molecule has 0 aliphatic carbocycles. The Balaban J connectivity index is 1.41. The van der Waals surface area contributed by atoms with Crippen LogP contribution >= 0.6 is 0 Å². The van der Waals surface area contributed by atoms with Gasteiger partial charge in [0.1, 0.15) is 5.56 Å². The van der Waals surface area contributed by atoms with Crippen molar-refractivity contribution in [3.05, 3.63) is 23.9 Å². The molecule has 158 valence electrons. The maximum atomic E-state index is 13.3. The van der Waals surface area contributed by atoms with E-state index in [1.54, 1.807) is 18.3 Å². The first kappa shape index (κ1) is 20.1. The molecule has 0 N–H and O–H groups in total. The number of hydrogen-bond donors (Lipinski definition) is 0. The van der Waals surface area contributed by atoms with Gasteiger partial charge in [-0.25, -0.2) is 4.98 Å². The molecule has 4 heterocycles. The third-order valence-corrected chi connectivity index (χ3v) is 6.38. The number of carbonyl (C=O) groups is 2. The van der Waals surface area contributed by atoms with Crippen LogP contribution in [0.5, 0.6) is 5.88 Å². The fourth-order valence-corrected chi connectivity index (χ4v) is 4.91. The van der Waals surface area contributed by atoms with E-state index in [2.05, 4.69) is 4.98 Å². The smallest absolute Gasteiger partial charge is 0.259 e. The average Bonchev–Trinajstić information content (AvgIpc) is 3.41. The van der Waals surface area contributed by atoms with Gasteiger partial charge < -0.3 is 19.3 Å². The number of hydrogen-bond acceptors (Lipinski definition) is 5. The molecule has 7 nitrogen and oxygen atoms in total. The first-order valence-electron chi connectivity index (χ1n) is 11.0. The highest BCUT2D eigenvalue weighted by atomic mass is 16.5. The van der Waals surface area contributed by atoms with E-state index in [0.29, 0.717) is 36.9 Å².